The van der Waals surface area contributed by atoms with Crippen LogP contribution in [0.4, 0.5) is 0 Å². The number of phenols is 1. The lowest BCUT2D eigenvalue weighted by Gasteiger charge is -2.11. The molecule has 0 aliphatic heterocycles. The molecule has 4 nitrogen and oxygen atoms in total. The van der Waals surface area contributed by atoms with Crippen molar-refractivity contribution in [3.8, 4) is 5.75 Å². The van der Waals surface area contributed by atoms with Crippen molar-refractivity contribution < 1.29 is 5.11 Å². The minimum atomic E-state index is 0.345. The average Bonchev–Trinajstić information content (AvgIpc) is 2.74. The molecule has 0 bridgehead atoms. The van der Waals surface area contributed by atoms with Gasteiger partial charge in [-0.3, -0.25) is 0 Å². The first-order valence-corrected chi connectivity index (χ1v) is 5.31. The molecule has 0 amide bonds. The average molecular weight is 217 g/mol. The number of aryl methyl sites for hydroxylation is 1. The van der Waals surface area contributed by atoms with Gasteiger partial charge < -0.3 is 5.11 Å². The number of benzene rings is 1. The molecule has 1 atom stereocenters. The van der Waals surface area contributed by atoms with E-state index in [2.05, 4.69) is 22.3 Å². The second-order valence-corrected chi connectivity index (χ2v) is 4.11. The summed E-state index contributed by atoms with van der Waals surface area (Å²) in [5.41, 5.74) is 3.07. The van der Waals surface area contributed by atoms with Crippen LogP contribution >= 0.6 is 0 Å². The molecule has 0 radical (unpaired) electrons. The smallest absolute Gasteiger partial charge is 0.118 e. The van der Waals surface area contributed by atoms with Gasteiger partial charge in [0.15, 0.2) is 0 Å². The van der Waals surface area contributed by atoms with Gasteiger partial charge in [-0.1, -0.05) is 19.1 Å². The third-order valence-corrected chi connectivity index (χ3v) is 2.77. The predicted octanol–water partition coefficient (Wildman–Crippen LogP) is 2.16. The van der Waals surface area contributed by atoms with Crippen molar-refractivity contribution in [2.45, 2.75) is 26.2 Å². The Morgan fingerprint density at radius 1 is 1.44 bits per heavy atom. The van der Waals surface area contributed by atoms with Crippen LogP contribution in [-0.4, -0.2) is 20.5 Å². The van der Waals surface area contributed by atoms with Crippen LogP contribution in [0.1, 0.15) is 29.7 Å². The number of nitrogens with zero attached hydrogens (tertiary/aromatic N) is 2. The predicted molar refractivity (Wildman–Crippen MR) is 61.3 cm³/mol. The molecule has 0 aliphatic carbocycles. The lowest BCUT2D eigenvalue weighted by molar-refractivity contribution is 0.470. The van der Waals surface area contributed by atoms with E-state index in [1.54, 1.807) is 12.3 Å². The molecule has 0 saturated carbocycles. The summed E-state index contributed by atoms with van der Waals surface area (Å²) >= 11 is 0. The Morgan fingerprint density at radius 3 is 2.88 bits per heavy atom. The molecule has 1 unspecified atom stereocenters. The van der Waals surface area contributed by atoms with Gasteiger partial charge in [0.2, 0.25) is 0 Å². The Bertz CT molecular complexity index is 465. The summed E-state index contributed by atoms with van der Waals surface area (Å²) < 4.78 is 0. The highest BCUT2D eigenvalue weighted by atomic mass is 16.3. The second-order valence-electron chi connectivity index (χ2n) is 4.11. The number of aromatic hydroxyl groups is 1. The van der Waals surface area contributed by atoms with Gasteiger partial charge in [0.05, 0.1) is 11.9 Å². The molecule has 4 heteroatoms. The number of aromatic amines is 1. The lowest BCUT2D eigenvalue weighted by atomic mass is 9.95. The van der Waals surface area contributed by atoms with E-state index in [1.165, 1.54) is 5.56 Å². The van der Waals surface area contributed by atoms with Gasteiger partial charge in [-0.05, 0) is 36.5 Å². The van der Waals surface area contributed by atoms with Crippen molar-refractivity contribution in [3.63, 3.8) is 0 Å². The van der Waals surface area contributed by atoms with E-state index in [9.17, 15) is 5.11 Å². The molecule has 1 aromatic carbocycles. The Hall–Kier alpha value is -1.84. The highest BCUT2D eigenvalue weighted by molar-refractivity contribution is 5.36. The first kappa shape index (κ1) is 10.7. The quantitative estimate of drug-likeness (QED) is 0.828. The molecule has 2 N–H and O–H groups in total. The molecule has 0 spiro atoms. The SMILES string of the molecule is Cc1cc(C(C)Cc2cn[nH]n2)ccc1O. The first-order chi connectivity index (χ1) is 7.66. The maximum atomic E-state index is 9.45. The number of aromatic nitrogens is 3. The van der Waals surface area contributed by atoms with Crippen LogP contribution in [0, 0.1) is 6.92 Å². The number of hydrogen-bond acceptors (Lipinski definition) is 3. The summed E-state index contributed by atoms with van der Waals surface area (Å²) in [6.07, 6.45) is 2.59. The van der Waals surface area contributed by atoms with Gasteiger partial charge in [-0.25, -0.2) is 0 Å². The summed E-state index contributed by atoms with van der Waals surface area (Å²) in [4.78, 5) is 0. The maximum Gasteiger partial charge on any atom is 0.118 e. The van der Waals surface area contributed by atoms with Gasteiger partial charge in [-0.2, -0.15) is 15.4 Å². The summed E-state index contributed by atoms with van der Waals surface area (Å²) in [6, 6.07) is 5.71. The number of nitrogens with one attached hydrogen (secondary N) is 1. The summed E-state index contributed by atoms with van der Waals surface area (Å²) in [5, 5.41) is 19.9. The fraction of sp³-hybridized carbons (Fsp3) is 0.333. The first-order valence-electron chi connectivity index (χ1n) is 5.31. The van der Waals surface area contributed by atoms with Gasteiger partial charge in [0, 0.05) is 0 Å². The van der Waals surface area contributed by atoms with Crippen LogP contribution in [0.5, 0.6) is 5.75 Å². The molecular formula is C12H15N3O. The summed E-state index contributed by atoms with van der Waals surface area (Å²) in [7, 11) is 0. The Labute approximate surface area is 94.3 Å². The van der Waals surface area contributed by atoms with E-state index in [4.69, 9.17) is 0 Å². The molecule has 1 heterocycles. The molecule has 0 fully saturated rings. The number of H-pyrrole nitrogens is 1. The molecule has 2 aromatic rings. The zero-order valence-corrected chi connectivity index (χ0v) is 9.44. The van der Waals surface area contributed by atoms with Crippen molar-refractivity contribution >= 4 is 0 Å². The number of hydrogen-bond donors (Lipinski definition) is 2. The normalized spacial score (nSPS) is 12.6. The summed E-state index contributed by atoms with van der Waals surface area (Å²) in [5.74, 6) is 0.710. The van der Waals surface area contributed by atoms with Crippen LogP contribution in [0.2, 0.25) is 0 Å². The highest BCUT2D eigenvalue weighted by Gasteiger charge is 2.09. The van der Waals surface area contributed by atoms with E-state index in [0.29, 0.717) is 11.7 Å². The lowest BCUT2D eigenvalue weighted by Crippen LogP contribution is -1.99. The van der Waals surface area contributed by atoms with E-state index < -0.39 is 0 Å². The fourth-order valence-electron chi connectivity index (χ4n) is 1.74. The second kappa shape index (κ2) is 4.35. The molecular weight excluding hydrogens is 202 g/mol. The molecule has 0 aliphatic rings. The van der Waals surface area contributed by atoms with Gasteiger partial charge in [-0.15, -0.1) is 0 Å². The highest BCUT2D eigenvalue weighted by Crippen LogP contribution is 2.24. The van der Waals surface area contributed by atoms with Gasteiger partial charge >= 0.3 is 0 Å². The van der Waals surface area contributed by atoms with E-state index in [0.717, 1.165) is 17.7 Å². The zero-order valence-electron chi connectivity index (χ0n) is 9.44. The Kier molecular flexibility index (Phi) is 2.90. The molecule has 1 aromatic heterocycles. The van der Waals surface area contributed by atoms with Crippen molar-refractivity contribution in [2.75, 3.05) is 0 Å². The third-order valence-electron chi connectivity index (χ3n) is 2.77. The van der Waals surface area contributed by atoms with Crippen LogP contribution in [0.25, 0.3) is 0 Å². The number of rotatable bonds is 3. The third kappa shape index (κ3) is 2.21. The molecule has 16 heavy (non-hydrogen) atoms. The van der Waals surface area contributed by atoms with Crippen LogP contribution in [0.15, 0.2) is 24.4 Å². The molecule has 2 rings (SSSR count). The van der Waals surface area contributed by atoms with Crippen LogP contribution < -0.4 is 0 Å². The minimum Gasteiger partial charge on any atom is -0.508 e. The Balaban J connectivity index is 2.14. The largest absolute Gasteiger partial charge is 0.508 e. The minimum absolute atomic E-state index is 0.345. The van der Waals surface area contributed by atoms with E-state index in [-0.39, 0.29) is 0 Å². The van der Waals surface area contributed by atoms with Crippen molar-refractivity contribution in [2.24, 2.45) is 0 Å². The topological polar surface area (TPSA) is 61.8 Å². The molecule has 84 valence electrons. The van der Waals surface area contributed by atoms with E-state index >= 15 is 0 Å². The van der Waals surface area contributed by atoms with Crippen LogP contribution in [0.3, 0.4) is 0 Å². The molecule has 0 saturated heterocycles. The van der Waals surface area contributed by atoms with Crippen molar-refractivity contribution in [1.82, 2.24) is 15.4 Å². The summed E-state index contributed by atoms with van der Waals surface area (Å²) in [6.45, 7) is 4.04. The van der Waals surface area contributed by atoms with Crippen LogP contribution in [-0.2, 0) is 6.42 Å². The van der Waals surface area contributed by atoms with Crippen molar-refractivity contribution in [3.05, 3.63) is 41.2 Å². The fourth-order valence-corrected chi connectivity index (χ4v) is 1.74. The maximum absolute atomic E-state index is 9.45. The number of phenolic OH excluding ortho intramolecular Hbond substituents is 1. The van der Waals surface area contributed by atoms with E-state index in [1.807, 2.05) is 19.1 Å². The zero-order chi connectivity index (χ0) is 11.5. The standard InChI is InChI=1S/C12H15N3O/c1-8(6-11-7-13-15-14-11)10-3-4-12(16)9(2)5-10/h3-5,7-8,16H,6H2,1-2H3,(H,13,14,15). The van der Waals surface area contributed by atoms with Gasteiger partial charge in [0.25, 0.3) is 0 Å². The Morgan fingerprint density at radius 2 is 2.25 bits per heavy atom. The monoisotopic (exact) mass is 217 g/mol. The van der Waals surface area contributed by atoms with Crippen molar-refractivity contribution in [1.29, 1.82) is 0 Å². The van der Waals surface area contributed by atoms with Gasteiger partial charge in [0.1, 0.15) is 5.75 Å².